The van der Waals surface area contributed by atoms with Crippen LogP contribution in [0.1, 0.15) is 120 Å². The molecule has 2 aliphatic rings. The predicted molar refractivity (Wildman–Crippen MR) is 327 cm³/mol. The maximum Gasteiger partial charge on any atom is 0.0781 e. The molecule has 0 aliphatic heterocycles. The van der Waals surface area contributed by atoms with Gasteiger partial charge in [0, 0.05) is 154 Å². The average Bonchev–Trinajstić information content (AvgIpc) is 3.46. The maximum absolute atomic E-state index is 5.39. The topological polar surface area (TPSA) is 185 Å². The Morgan fingerprint density at radius 2 is 0.537 bits per heavy atom. The number of hydrogen-bond acceptors (Lipinski definition) is 20. The lowest BCUT2D eigenvalue weighted by atomic mass is 9.83. The van der Waals surface area contributed by atoms with E-state index in [0.29, 0.717) is 91.5 Å². The van der Waals surface area contributed by atoms with E-state index >= 15 is 0 Å². The number of rotatable bonds is 37. The molecule has 2 rings (SSSR count). The van der Waals surface area contributed by atoms with Gasteiger partial charge in [0.25, 0.3) is 0 Å². The van der Waals surface area contributed by atoms with Crippen molar-refractivity contribution in [1.82, 2.24) is 0 Å². The summed E-state index contributed by atoms with van der Waals surface area (Å²) in [5, 5.41) is 0. The number of methoxy groups -OCH3 is 18. The minimum absolute atomic E-state index is 0. The fraction of sp³-hybridized carbons (Fsp3) is 1.00. The first-order valence-corrected chi connectivity index (χ1v) is 27.9. The van der Waals surface area contributed by atoms with Crippen LogP contribution in [0, 0.1) is 11.8 Å². The zero-order chi connectivity index (χ0) is 60.6. The Morgan fingerprint density at radius 3 is 0.762 bits per heavy atom. The van der Waals surface area contributed by atoms with Gasteiger partial charge >= 0.3 is 0 Å². The third-order valence-corrected chi connectivity index (χ3v) is 11.4. The summed E-state index contributed by atoms with van der Waals surface area (Å²) in [6.45, 7) is 19.6. The van der Waals surface area contributed by atoms with Crippen LogP contribution < -0.4 is 0 Å². The molecular weight excluding hydrogens is 1040 g/mol. The van der Waals surface area contributed by atoms with E-state index in [1.807, 2.05) is 27.7 Å². The van der Waals surface area contributed by atoms with Crippen molar-refractivity contribution in [3.63, 3.8) is 0 Å². The van der Waals surface area contributed by atoms with E-state index in [9.17, 15) is 0 Å². The Balaban J connectivity index is -0.000000102. The molecule has 80 heavy (non-hydrogen) atoms. The SMILES string of the molecule is C.C.COC1CCC(OC)CC1.COCC(C)OC.COCC(C)OC.COCC(C)OCC(C)OC.COCC1CCC(COC)CC1.COCCCCCCOC.COCCOC.COCCOC.COCCOCCOC. The molecule has 0 heterocycles. The lowest BCUT2D eigenvalue weighted by Gasteiger charge is -2.27. The van der Waals surface area contributed by atoms with Gasteiger partial charge in [-0.25, -0.2) is 0 Å². The molecule has 0 aromatic rings. The molecule has 2 fully saturated rings. The van der Waals surface area contributed by atoms with E-state index in [0.717, 1.165) is 63.9 Å². The molecular formula is C60H138O20. The summed E-state index contributed by atoms with van der Waals surface area (Å²) in [5.74, 6) is 1.62. The van der Waals surface area contributed by atoms with Crippen LogP contribution in [0.15, 0.2) is 0 Å². The van der Waals surface area contributed by atoms with E-state index in [2.05, 4.69) is 18.9 Å². The van der Waals surface area contributed by atoms with Crippen molar-refractivity contribution in [2.75, 3.05) is 234 Å². The predicted octanol–water partition coefficient (Wildman–Crippen LogP) is 10.1. The van der Waals surface area contributed by atoms with Crippen LogP contribution in [-0.2, 0) is 94.7 Å². The molecule has 2 aliphatic carbocycles. The highest BCUT2D eigenvalue weighted by atomic mass is 16.6. The lowest BCUT2D eigenvalue weighted by Crippen LogP contribution is -2.24. The normalized spacial score (nSPS) is 17.3. The van der Waals surface area contributed by atoms with Crippen LogP contribution >= 0.6 is 0 Å². The Bertz CT molecular complexity index is 869. The molecule has 0 aromatic heterocycles. The van der Waals surface area contributed by atoms with Gasteiger partial charge in [0.05, 0.1) is 116 Å². The van der Waals surface area contributed by atoms with E-state index in [-0.39, 0.29) is 39.3 Å². The zero-order valence-corrected chi connectivity index (χ0v) is 54.6. The first-order chi connectivity index (χ1) is 37.7. The average molecular weight is 1180 g/mol. The Labute approximate surface area is 495 Å². The minimum Gasteiger partial charge on any atom is -0.385 e. The van der Waals surface area contributed by atoms with Crippen molar-refractivity contribution in [1.29, 1.82) is 0 Å². The molecule has 0 N–H and O–H groups in total. The summed E-state index contributed by atoms with van der Waals surface area (Å²) in [5.41, 5.74) is 0. The van der Waals surface area contributed by atoms with Gasteiger partial charge in [-0.2, -0.15) is 0 Å². The second-order valence-corrected chi connectivity index (χ2v) is 18.3. The molecule has 0 saturated heterocycles. The van der Waals surface area contributed by atoms with E-state index in [4.69, 9.17) is 75.8 Å². The molecule has 4 atom stereocenters. The standard InChI is InChI=1S/C10H20O2.C8H18O3.C8H16O2.C8H18O2.C6H14O3.2C5H12O2.2C4H10O2.2CH4/c1-11-7-9-3-5-10(6-4-9)8-12-2;1-7(10-4)6-11-8(2)5-9-3;1-9-7-3-5-8(10-2)6-4-7;1-9-7-5-3-4-6-8-10-2;1-7-3-5-9-6-4-8-2;2*1-5(7-3)4-6-2;2*1-5-3-4-6-2;;/h9-10H,3-8H2,1-2H3;7-8H,5-6H2,1-4H3;7-8H,3-6H2,1-2H3;3-8H2,1-2H3;3-6H2,1-2H3;2*5H,4H2,1-3H3;2*3-4H2,1-2H3;2*1H4. The summed E-state index contributed by atoms with van der Waals surface area (Å²) in [4.78, 5) is 0. The molecule has 4 unspecified atom stereocenters. The number of unbranched alkanes of at least 4 members (excludes halogenated alkanes) is 3. The second-order valence-electron chi connectivity index (χ2n) is 18.3. The zero-order valence-electron chi connectivity index (χ0n) is 54.6. The van der Waals surface area contributed by atoms with Gasteiger partial charge in [-0.15, -0.1) is 0 Å². The quantitative estimate of drug-likeness (QED) is 0.0535. The largest absolute Gasteiger partial charge is 0.385 e. The van der Waals surface area contributed by atoms with Gasteiger partial charge in [0.2, 0.25) is 0 Å². The molecule has 2 saturated carbocycles. The first-order valence-electron chi connectivity index (χ1n) is 27.9. The summed E-state index contributed by atoms with van der Waals surface area (Å²) < 4.78 is 98.4. The van der Waals surface area contributed by atoms with Gasteiger partial charge in [-0.1, -0.05) is 27.7 Å². The third-order valence-electron chi connectivity index (χ3n) is 11.4. The molecule has 20 nitrogen and oxygen atoms in total. The molecule has 0 spiro atoms. The number of hydrogen-bond donors (Lipinski definition) is 0. The molecule has 0 amide bonds. The molecule has 0 aromatic carbocycles. The highest BCUT2D eigenvalue weighted by molar-refractivity contribution is 4.72. The van der Waals surface area contributed by atoms with E-state index in [1.54, 1.807) is 128 Å². The molecule has 0 bridgehead atoms. The molecule has 20 heteroatoms. The van der Waals surface area contributed by atoms with Crippen molar-refractivity contribution in [3.05, 3.63) is 0 Å². The van der Waals surface area contributed by atoms with E-state index in [1.165, 1.54) is 51.4 Å². The second kappa shape index (κ2) is 91.9. The fourth-order valence-electron chi connectivity index (χ4n) is 6.36. The van der Waals surface area contributed by atoms with E-state index < -0.39 is 0 Å². The van der Waals surface area contributed by atoms with Gasteiger partial charge in [0.1, 0.15) is 0 Å². The Kier molecular flexibility index (Phi) is 113. The molecule has 0 radical (unpaired) electrons. The van der Waals surface area contributed by atoms with Crippen molar-refractivity contribution in [2.24, 2.45) is 11.8 Å². The third kappa shape index (κ3) is 96.4. The fourth-order valence-corrected chi connectivity index (χ4v) is 6.36. The highest BCUT2D eigenvalue weighted by Crippen LogP contribution is 2.28. The van der Waals surface area contributed by atoms with Crippen LogP contribution in [0.3, 0.4) is 0 Å². The Morgan fingerprint density at radius 1 is 0.275 bits per heavy atom. The van der Waals surface area contributed by atoms with Crippen LogP contribution in [0.2, 0.25) is 0 Å². The Hall–Kier alpha value is -0.800. The number of ether oxygens (including phenoxy) is 20. The molecule has 498 valence electrons. The summed E-state index contributed by atoms with van der Waals surface area (Å²) in [6, 6.07) is 0. The van der Waals surface area contributed by atoms with Gasteiger partial charge < -0.3 is 94.7 Å². The van der Waals surface area contributed by atoms with Crippen LogP contribution in [-0.4, -0.2) is 270 Å². The first kappa shape index (κ1) is 98.3. The van der Waals surface area contributed by atoms with Crippen molar-refractivity contribution in [2.45, 2.75) is 156 Å². The van der Waals surface area contributed by atoms with Crippen molar-refractivity contribution < 1.29 is 94.7 Å². The van der Waals surface area contributed by atoms with Gasteiger partial charge in [-0.3, -0.25) is 0 Å². The monoisotopic (exact) mass is 1180 g/mol. The lowest BCUT2D eigenvalue weighted by molar-refractivity contribution is -0.0386. The summed E-state index contributed by atoms with van der Waals surface area (Å²) >= 11 is 0. The van der Waals surface area contributed by atoms with Crippen LogP contribution in [0.4, 0.5) is 0 Å². The van der Waals surface area contributed by atoms with Crippen molar-refractivity contribution in [3.8, 4) is 0 Å². The van der Waals surface area contributed by atoms with Gasteiger partial charge in [0.15, 0.2) is 0 Å². The summed E-state index contributed by atoms with van der Waals surface area (Å²) in [7, 11) is 30.6. The maximum atomic E-state index is 5.39. The minimum atomic E-state index is 0. The van der Waals surface area contributed by atoms with Crippen LogP contribution in [0.25, 0.3) is 0 Å². The van der Waals surface area contributed by atoms with Crippen LogP contribution in [0.5, 0.6) is 0 Å². The van der Waals surface area contributed by atoms with Crippen molar-refractivity contribution >= 4 is 0 Å². The smallest absolute Gasteiger partial charge is 0.0781 e. The summed E-state index contributed by atoms with van der Waals surface area (Å²) in [6.07, 6.45) is 16.6. The highest BCUT2D eigenvalue weighted by Gasteiger charge is 2.21. The van der Waals surface area contributed by atoms with Gasteiger partial charge in [-0.05, 0) is 104 Å².